The van der Waals surface area contributed by atoms with Crippen LogP contribution in [0.5, 0.6) is 0 Å². The van der Waals surface area contributed by atoms with Crippen LogP contribution in [0.15, 0.2) is 42.5 Å². The third kappa shape index (κ3) is 1.49. The molecule has 0 saturated heterocycles. The lowest BCUT2D eigenvalue weighted by molar-refractivity contribution is 1.49. The van der Waals surface area contributed by atoms with Crippen molar-refractivity contribution >= 4 is 13.5 Å². The number of allylic oxidation sites excluding steroid dienone is 2. The molecule has 0 nitrogen and oxygen atoms in total. The fourth-order valence-corrected chi connectivity index (χ4v) is 2.19. The van der Waals surface area contributed by atoms with Gasteiger partial charge in [-0.05, 0) is 17.8 Å². The monoisotopic (exact) mass is 173 g/mol. The van der Waals surface area contributed by atoms with Crippen molar-refractivity contribution in [2.24, 2.45) is 0 Å². The molecule has 0 atom stereocenters. The van der Waals surface area contributed by atoms with Gasteiger partial charge in [-0.3, -0.25) is 0 Å². The van der Waals surface area contributed by atoms with Crippen LogP contribution >= 0.6 is 8.20 Å². The van der Waals surface area contributed by atoms with E-state index in [2.05, 4.69) is 49.4 Å². The molecule has 59 valence electrons. The molecule has 0 amide bonds. The van der Waals surface area contributed by atoms with Gasteiger partial charge in [0.1, 0.15) is 0 Å². The second kappa shape index (κ2) is 3.25. The number of hydrogen-bond donors (Lipinski definition) is 0. The van der Waals surface area contributed by atoms with Gasteiger partial charge in [0.05, 0.1) is 5.66 Å². The quantitative estimate of drug-likeness (QED) is 0.572. The average Bonchev–Trinajstić information content (AvgIpc) is 2.54. The van der Waals surface area contributed by atoms with Crippen LogP contribution < -0.4 is 0 Å². The van der Waals surface area contributed by atoms with Crippen LogP contribution in [0.4, 0.5) is 0 Å². The summed E-state index contributed by atoms with van der Waals surface area (Å²) in [6, 6.07) is 10.5. The van der Waals surface area contributed by atoms with E-state index < -0.39 is 0 Å². The van der Waals surface area contributed by atoms with Crippen molar-refractivity contribution in [2.75, 3.05) is 0 Å². The van der Waals surface area contributed by atoms with Crippen molar-refractivity contribution < 1.29 is 0 Å². The van der Waals surface area contributed by atoms with E-state index in [1.54, 1.807) is 0 Å². The molecule has 0 N–H and O–H groups in total. The van der Waals surface area contributed by atoms with Crippen molar-refractivity contribution in [3.8, 4) is 0 Å². The third-order valence-electron chi connectivity index (χ3n) is 1.85. The van der Waals surface area contributed by atoms with Gasteiger partial charge >= 0.3 is 0 Å². The first kappa shape index (κ1) is 7.76. The highest BCUT2D eigenvalue weighted by Gasteiger charge is 2.09. The summed E-state index contributed by atoms with van der Waals surface area (Å²) in [5, 5.41) is 1.42. The van der Waals surface area contributed by atoms with Crippen molar-refractivity contribution in [1.29, 1.82) is 0 Å². The average molecular weight is 173 g/mol. The Balaban J connectivity index is 2.29. The fraction of sp³-hybridized carbons (Fsp3) is 0.0909. The minimum atomic E-state index is 1.34. The molecule has 0 spiro atoms. The zero-order chi connectivity index (χ0) is 8.39. The van der Waals surface area contributed by atoms with E-state index in [-0.39, 0.29) is 0 Å². The summed E-state index contributed by atoms with van der Waals surface area (Å²) in [6.07, 6.45) is 4.39. The Kier molecular flexibility index (Phi) is 2.10. The van der Waals surface area contributed by atoms with Crippen molar-refractivity contribution in [3.63, 3.8) is 0 Å². The lowest BCUT2D eigenvalue weighted by Crippen LogP contribution is -1.82. The van der Waals surface area contributed by atoms with Gasteiger partial charge in [-0.2, -0.15) is 0 Å². The smallest absolute Gasteiger partial charge is 0.0763 e. The zero-order valence-corrected chi connectivity index (χ0v) is 7.88. The van der Waals surface area contributed by atoms with Crippen molar-refractivity contribution in [1.82, 2.24) is 0 Å². The molecule has 12 heavy (non-hydrogen) atoms. The van der Waals surface area contributed by atoms with Gasteiger partial charge in [-0.1, -0.05) is 50.7 Å². The minimum absolute atomic E-state index is 1.34. The molecule has 1 radical (unpaired) electrons. The SMILES string of the molecule is CC1=P[C](c2ccccc2)C=C1. The van der Waals surface area contributed by atoms with E-state index in [1.807, 2.05) is 0 Å². The molecule has 1 heteroatoms. The molecule has 1 aliphatic heterocycles. The standard InChI is InChI=1S/C11H10P/c1-9-7-8-11(12-9)10-5-3-2-4-6-10/h2-8H,1H3. The maximum absolute atomic E-state index is 2.20. The van der Waals surface area contributed by atoms with E-state index in [0.717, 1.165) is 0 Å². The molecule has 0 unspecified atom stereocenters. The van der Waals surface area contributed by atoms with E-state index in [9.17, 15) is 0 Å². The Labute approximate surface area is 74.7 Å². The summed E-state index contributed by atoms with van der Waals surface area (Å²) in [4.78, 5) is 0. The van der Waals surface area contributed by atoms with Gasteiger partial charge in [0.25, 0.3) is 0 Å². The van der Waals surface area contributed by atoms with Crippen molar-refractivity contribution in [3.05, 3.63) is 53.7 Å². The van der Waals surface area contributed by atoms with Gasteiger partial charge in [0.2, 0.25) is 0 Å². The highest BCUT2D eigenvalue weighted by atomic mass is 31.1. The van der Waals surface area contributed by atoms with Crippen LogP contribution in [0.3, 0.4) is 0 Å². The highest BCUT2D eigenvalue weighted by molar-refractivity contribution is 7.45. The van der Waals surface area contributed by atoms with Gasteiger partial charge in [0, 0.05) is 0 Å². The second-order valence-electron chi connectivity index (χ2n) is 2.84. The molecule has 1 aliphatic rings. The van der Waals surface area contributed by atoms with E-state index >= 15 is 0 Å². The topological polar surface area (TPSA) is 0 Å². The predicted octanol–water partition coefficient (Wildman–Crippen LogP) is 3.27. The minimum Gasteiger partial charge on any atom is -0.0833 e. The van der Waals surface area contributed by atoms with Crippen LogP contribution in [-0.2, 0) is 0 Å². The maximum atomic E-state index is 2.20. The first-order valence-corrected chi connectivity index (χ1v) is 4.91. The predicted molar refractivity (Wildman–Crippen MR) is 55.5 cm³/mol. The zero-order valence-electron chi connectivity index (χ0n) is 6.99. The summed E-state index contributed by atoms with van der Waals surface area (Å²) >= 11 is 0. The lowest BCUT2D eigenvalue weighted by atomic mass is 10.1. The molecule has 0 bridgehead atoms. The summed E-state index contributed by atoms with van der Waals surface area (Å²) in [7, 11) is 1.36. The molecule has 1 aromatic rings. The third-order valence-corrected chi connectivity index (χ3v) is 3.00. The molecule has 2 rings (SSSR count). The fourth-order valence-electron chi connectivity index (χ4n) is 1.23. The summed E-state index contributed by atoms with van der Waals surface area (Å²) in [6.45, 7) is 2.16. The Morgan fingerprint density at radius 3 is 2.33 bits per heavy atom. The van der Waals surface area contributed by atoms with Crippen LogP contribution in [0.25, 0.3) is 0 Å². The second-order valence-corrected chi connectivity index (χ2v) is 4.25. The molecule has 0 saturated carbocycles. The van der Waals surface area contributed by atoms with Crippen LogP contribution in [0, 0.1) is 5.66 Å². The Morgan fingerprint density at radius 1 is 1.00 bits per heavy atom. The van der Waals surface area contributed by atoms with Crippen molar-refractivity contribution in [2.45, 2.75) is 6.92 Å². The van der Waals surface area contributed by atoms with Gasteiger partial charge < -0.3 is 0 Å². The first-order valence-electron chi connectivity index (χ1n) is 4.02. The number of hydrogen-bond acceptors (Lipinski definition) is 0. The van der Waals surface area contributed by atoms with E-state index in [4.69, 9.17) is 0 Å². The summed E-state index contributed by atoms with van der Waals surface area (Å²) in [5.41, 5.74) is 2.75. The summed E-state index contributed by atoms with van der Waals surface area (Å²) < 4.78 is 0. The largest absolute Gasteiger partial charge is 0.0833 e. The Hall–Kier alpha value is -0.870. The Bertz CT molecular complexity index is 322. The van der Waals surface area contributed by atoms with Gasteiger partial charge in [0.15, 0.2) is 0 Å². The molecule has 1 aromatic carbocycles. The van der Waals surface area contributed by atoms with E-state index in [1.165, 1.54) is 24.7 Å². The summed E-state index contributed by atoms with van der Waals surface area (Å²) in [5.74, 6) is 0. The van der Waals surface area contributed by atoms with Gasteiger partial charge in [-0.25, -0.2) is 0 Å². The van der Waals surface area contributed by atoms with Crippen LogP contribution in [0.2, 0.25) is 0 Å². The normalized spacial score (nSPS) is 17.9. The molecule has 1 heterocycles. The number of rotatable bonds is 1. The molecule has 0 aliphatic carbocycles. The van der Waals surface area contributed by atoms with Gasteiger partial charge in [-0.15, -0.1) is 0 Å². The molecular formula is C11H10P. The lowest BCUT2D eigenvalue weighted by Gasteiger charge is -2.01. The molecule has 0 aromatic heterocycles. The number of benzene rings is 1. The molecule has 0 fully saturated rings. The molecular weight excluding hydrogens is 163 g/mol. The first-order chi connectivity index (χ1) is 5.86. The van der Waals surface area contributed by atoms with E-state index in [0.29, 0.717) is 0 Å². The van der Waals surface area contributed by atoms with Crippen LogP contribution in [0.1, 0.15) is 12.5 Å². The Morgan fingerprint density at radius 2 is 1.75 bits per heavy atom. The highest BCUT2D eigenvalue weighted by Crippen LogP contribution is 2.33. The maximum Gasteiger partial charge on any atom is 0.0763 e. The van der Waals surface area contributed by atoms with Crippen LogP contribution in [-0.4, -0.2) is 5.29 Å².